The van der Waals surface area contributed by atoms with Crippen molar-refractivity contribution in [1.29, 1.82) is 0 Å². The highest BCUT2D eigenvalue weighted by molar-refractivity contribution is 5.83. The summed E-state index contributed by atoms with van der Waals surface area (Å²) in [5, 5.41) is 9.84. The topological polar surface area (TPSA) is 46.5 Å². The number of carboxylic acids is 1. The average molecular weight is 288 g/mol. The summed E-state index contributed by atoms with van der Waals surface area (Å²) in [5.41, 5.74) is 0.487. The monoisotopic (exact) mass is 288 g/mol. The molecular formula is C18H24O3. The number of carbonyl (C=O) groups is 1. The number of aliphatic carboxylic acids is 1. The van der Waals surface area contributed by atoms with Crippen molar-refractivity contribution in [2.24, 2.45) is 5.41 Å². The highest BCUT2D eigenvalue weighted by Crippen LogP contribution is 2.61. The molecule has 0 amide bonds. The first-order chi connectivity index (χ1) is 10.1. The van der Waals surface area contributed by atoms with Crippen LogP contribution in [0.1, 0.15) is 56.9 Å². The molecule has 0 unspecified atom stereocenters. The van der Waals surface area contributed by atoms with E-state index in [9.17, 15) is 9.90 Å². The molecule has 0 bridgehead atoms. The van der Waals surface area contributed by atoms with E-state index in [4.69, 9.17) is 4.74 Å². The SMILES string of the molecule is COc1cccc(C2(C(=O)O)CC3(CCCCCC3)C2)c1. The second-order valence-corrected chi connectivity index (χ2v) is 6.89. The van der Waals surface area contributed by atoms with Gasteiger partial charge in [-0.05, 0) is 48.8 Å². The van der Waals surface area contributed by atoms with Crippen molar-refractivity contribution in [3.63, 3.8) is 0 Å². The van der Waals surface area contributed by atoms with E-state index in [0.29, 0.717) is 0 Å². The van der Waals surface area contributed by atoms with Crippen LogP contribution < -0.4 is 4.74 Å². The number of carboxylic acid groups (broad SMARTS) is 1. The Kier molecular flexibility index (Phi) is 3.68. The van der Waals surface area contributed by atoms with Gasteiger partial charge in [-0.2, -0.15) is 0 Å². The molecule has 3 rings (SSSR count). The molecule has 21 heavy (non-hydrogen) atoms. The molecule has 1 spiro atoms. The summed E-state index contributed by atoms with van der Waals surface area (Å²) in [7, 11) is 1.63. The standard InChI is InChI=1S/C18H24O3/c1-21-15-8-6-7-14(11-15)18(16(19)20)12-17(13-18)9-4-2-3-5-10-17/h6-8,11H,2-5,9-10,12-13H2,1H3,(H,19,20). The normalized spacial score (nSPS) is 23.1. The van der Waals surface area contributed by atoms with Gasteiger partial charge in [-0.3, -0.25) is 4.79 Å². The Balaban J connectivity index is 1.87. The molecule has 0 radical (unpaired) electrons. The molecule has 114 valence electrons. The van der Waals surface area contributed by atoms with Gasteiger partial charge in [-0.15, -0.1) is 0 Å². The van der Waals surface area contributed by atoms with Crippen molar-refractivity contribution in [1.82, 2.24) is 0 Å². The van der Waals surface area contributed by atoms with Crippen molar-refractivity contribution < 1.29 is 14.6 Å². The lowest BCUT2D eigenvalue weighted by Crippen LogP contribution is -2.54. The minimum absolute atomic E-state index is 0.276. The minimum Gasteiger partial charge on any atom is -0.497 e. The minimum atomic E-state index is -0.696. The maximum atomic E-state index is 12.0. The van der Waals surface area contributed by atoms with Crippen LogP contribution >= 0.6 is 0 Å². The second-order valence-electron chi connectivity index (χ2n) is 6.89. The molecule has 2 saturated carbocycles. The zero-order chi connectivity index (χ0) is 14.9. The van der Waals surface area contributed by atoms with Gasteiger partial charge in [0.25, 0.3) is 0 Å². The molecule has 0 atom stereocenters. The first-order valence-electron chi connectivity index (χ1n) is 7.98. The van der Waals surface area contributed by atoms with Gasteiger partial charge < -0.3 is 9.84 Å². The summed E-state index contributed by atoms with van der Waals surface area (Å²) in [4.78, 5) is 12.0. The van der Waals surface area contributed by atoms with E-state index < -0.39 is 11.4 Å². The molecule has 1 aromatic carbocycles. The Morgan fingerprint density at radius 2 is 1.81 bits per heavy atom. The molecule has 1 aromatic rings. The molecule has 0 saturated heterocycles. The first-order valence-corrected chi connectivity index (χ1v) is 7.98. The number of rotatable bonds is 3. The van der Waals surface area contributed by atoms with Crippen molar-refractivity contribution >= 4 is 5.97 Å². The van der Waals surface area contributed by atoms with Crippen LogP contribution in [0.15, 0.2) is 24.3 Å². The van der Waals surface area contributed by atoms with E-state index in [-0.39, 0.29) is 5.41 Å². The van der Waals surface area contributed by atoms with Gasteiger partial charge in [-0.25, -0.2) is 0 Å². The zero-order valence-corrected chi connectivity index (χ0v) is 12.7. The van der Waals surface area contributed by atoms with Crippen LogP contribution in [0.5, 0.6) is 5.75 Å². The Hall–Kier alpha value is -1.51. The number of hydrogen-bond acceptors (Lipinski definition) is 2. The predicted octanol–water partition coefficient (Wildman–Crippen LogP) is 4.15. The summed E-state index contributed by atoms with van der Waals surface area (Å²) in [6.45, 7) is 0. The lowest BCUT2D eigenvalue weighted by Gasteiger charge is -2.54. The first kappa shape index (κ1) is 14.4. The summed E-state index contributed by atoms with van der Waals surface area (Å²) >= 11 is 0. The van der Waals surface area contributed by atoms with Crippen LogP contribution in [-0.2, 0) is 10.2 Å². The van der Waals surface area contributed by atoms with E-state index in [1.165, 1.54) is 38.5 Å². The molecule has 2 aliphatic carbocycles. The Bertz CT molecular complexity index is 519. The molecule has 3 heteroatoms. The van der Waals surface area contributed by atoms with Crippen LogP contribution in [0, 0.1) is 5.41 Å². The zero-order valence-electron chi connectivity index (χ0n) is 12.7. The summed E-state index contributed by atoms with van der Waals surface area (Å²) in [6.07, 6.45) is 9.12. The van der Waals surface area contributed by atoms with Crippen molar-refractivity contribution in [3.05, 3.63) is 29.8 Å². The fourth-order valence-electron chi connectivity index (χ4n) is 4.46. The van der Waals surface area contributed by atoms with E-state index in [0.717, 1.165) is 24.2 Å². The molecule has 0 heterocycles. The fourth-order valence-corrected chi connectivity index (χ4v) is 4.46. The Labute approximate surface area is 126 Å². The van der Waals surface area contributed by atoms with Crippen LogP contribution in [0.25, 0.3) is 0 Å². The Morgan fingerprint density at radius 3 is 2.38 bits per heavy atom. The number of hydrogen-bond donors (Lipinski definition) is 1. The number of ether oxygens (including phenoxy) is 1. The van der Waals surface area contributed by atoms with Gasteiger partial charge in [0.1, 0.15) is 5.75 Å². The van der Waals surface area contributed by atoms with Gasteiger partial charge in [0.05, 0.1) is 12.5 Å². The summed E-state index contributed by atoms with van der Waals surface area (Å²) < 4.78 is 5.26. The largest absolute Gasteiger partial charge is 0.497 e. The van der Waals surface area contributed by atoms with Crippen molar-refractivity contribution in [2.45, 2.75) is 56.8 Å². The van der Waals surface area contributed by atoms with Crippen molar-refractivity contribution in [3.8, 4) is 5.75 Å². The van der Waals surface area contributed by atoms with Gasteiger partial charge in [0.2, 0.25) is 0 Å². The van der Waals surface area contributed by atoms with Crippen LogP contribution in [0.4, 0.5) is 0 Å². The van der Waals surface area contributed by atoms with Gasteiger partial charge in [0, 0.05) is 0 Å². The van der Waals surface area contributed by atoms with E-state index in [2.05, 4.69) is 0 Å². The maximum absolute atomic E-state index is 12.0. The van der Waals surface area contributed by atoms with Crippen molar-refractivity contribution in [2.75, 3.05) is 7.11 Å². The summed E-state index contributed by atoms with van der Waals surface area (Å²) in [6, 6.07) is 7.62. The van der Waals surface area contributed by atoms with E-state index in [1.807, 2.05) is 24.3 Å². The molecule has 2 fully saturated rings. The van der Waals surface area contributed by atoms with Crippen LogP contribution in [-0.4, -0.2) is 18.2 Å². The smallest absolute Gasteiger partial charge is 0.314 e. The molecule has 3 nitrogen and oxygen atoms in total. The van der Waals surface area contributed by atoms with Crippen LogP contribution in [0.3, 0.4) is 0 Å². The van der Waals surface area contributed by atoms with Gasteiger partial charge in [0.15, 0.2) is 0 Å². The molecule has 0 aliphatic heterocycles. The predicted molar refractivity (Wildman–Crippen MR) is 81.7 cm³/mol. The third-order valence-corrected chi connectivity index (χ3v) is 5.55. The molecular weight excluding hydrogens is 264 g/mol. The lowest BCUT2D eigenvalue weighted by atomic mass is 9.48. The van der Waals surface area contributed by atoms with Crippen LogP contribution in [0.2, 0.25) is 0 Å². The fraction of sp³-hybridized carbons (Fsp3) is 0.611. The molecule has 2 aliphatic rings. The van der Waals surface area contributed by atoms with E-state index >= 15 is 0 Å². The van der Waals surface area contributed by atoms with Gasteiger partial charge in [-0.1, -0.05) is 37.8 Å². The highest BCUT2D eigenvalue weighted by Gasteiger charge is 2.59. The lowest BCUT2D eigenvalue weighted by molar-refractivity contribution is -0.155. The highest BCUT2D eigenvalue weighted by atomic mass is 16.5. The second kappa shape index (κ2) is 5.36. The molecule has 0 aromatic heterocycles. The van der Waals surface area contributed by atoms with Gasteiger partial charge >= 0.3 is 5.97 Å². The maximum Gasteiger partial charge on any atom is 0.314 e. The Morgan fingerprint density at radius 1 is 1.14 bits per heavy atom. The third-order valence-electron chi connectivity index (χ3n) is 5.55. The van der Waals surface area contributed by atoms with E-state index in [1.54, 1.807) is 7.11 Å². The molecule has 1 N–H and O–H groups in total. The average Bonchev–Trinajstić information content (AvgIpc) is 2.70. The number of benzene rings is 1. The quantitative estimate of drug-likeness (QED) is 0.908. The summed E-state index contributed by atoms with van der Waals surface area (Å²) in [5.74, 6) is 0.0700. The number of methoxy groups -OCH3 is 1. The third kappa shape index (κ3) is 2.43.